The highest BCUT2D eigenvalue weighted by molar-refractivity contribution is 5.95. The molecule has 0 aliphatic carbocycles. The van der Waals surface area contributed by atoms with Gasteiger partial charge >= 0.3 is 0 Å². The van der Waals surface area contributed by atoms with Crippen molar-refractivity contribution in [3.05, 3.63) is 98.8 Å². The van der Waals surface area contributed by atoms with Crippen LogP contribution >= 0.6 is 0 Å². The van der Waals surface area contributed by atoms with Crippen molar-refractivity contribution in [2.24, 2.45) is 0 Å². The maximum absolute atomic E-state index is 14.8. The third kappa shape index (κ3) is 4.70. The summed E-state index contributed by atoms with van der Waals surface area (Å²) in [6.45, 7) is 2.84. The molecule has 1 fully saturated rings. The van der Waals surface area contributed by atoms with E-state index in [2.05, 4.69) is 27.0 Å². The third-order valence-electron chi connectivity index (χ3n) is 6.70. The number of hydrogen-bond donors (Lipinski definition) is 1. The van der Waals surface area contributed by atoms with E-state index in [9.17, 15) is 14.0 Å². The second-order valence-corrected chi connectivity index (χ2v) is 9.12. The molecule has 8 nitrogen and oxygen atoms in total. The van der Waals surface area contributed by atoms with Crippen molar-refractivity contribution < 1.29 is 9.18 Å². The highest BCUT2D eigenvalue weighted by Crippen LogP contribution is 2.24. The molecule has 2 aromatic carbocycles. The van der Waals surface area contributed by atoms with Crippen molar-refractivity contribution in [2.75, 3.05) is 25.0 Å². The van der Waals surface area contributed by atoms with Gasteiger partial charge in [0.2, 0.25) is 0 Å². The van der Waals surface area contributed by atoms with E-state index in [1.807, 2.05) is 17.0 Å². The molecule has 0 spiro atoms. The lowest BCUT2D eigenvalue weighted by atomic mass is 10.00. The van der Waals surface area contributed by atoms with Crippen LogP contribution in [0.4, 0.5) is 10.2 Å². The fourth-order valence-corrected chi connectivity index (χ4v) is 4.50. The Hall–Kier alpha value is -5.02. The zero-order valence-corrected chi connectivity index (χ0v) is 20.8. The number of H-pyrrole nitrogens is 1. The number of nitrogens with one attached hydrogen (secondary N) is 1. The summed E-state index contributed by atoms with van der Waals surface area (Å²) in [6, 6.07) is 15.1. The predicted octanol–water partition coefficient (Wildman–Crippen LogP) is 3.25. The maximum atomic E-state index is 14.8. The van der Waals surface area contributed by atoms with Crippen LogP contribution < -0.4 is 10.5 Å². The second-order valence-electron chi connectivity index (χ2n) is 9.12. The Labute approximate surface area is 218 Å². The monoisotopic (exact) mass is 506 g/mol. The molecule has 188 valence electrons. The van der Waals surface area contributed by atoms with Crippen molar-refractivity contribution in [1.82, 2.24) is 20.1 Å². The Kier molecular flexibility index (Phi) is 6.59. The molecule has 1 saturated heterocycles. The van der Waals surface area contributed by atoms with Gasteiger partial charge in [0.05, 0.1) is 28.2 Å². The number of aromatic amines is 1. The summed E-state index contributed by atoms with van der Waals surface area (Å²) in [7, 11) is 1.66. The number of fused-ring (bicyclic) bond motifs is 1. The van der Waals surface area contributed by atoms with Crippen LogP contribution in [0, 0.1) is 29.0 Å². The predicted molar refractivity (Wildman–Crippen MR) is 141 cm³/mol. The lowest BCUT2D eigenvalue weighted by Crippen LogP contribution is -2.60. The van der Waals surface area contributed by atoms with Crippen molar-refractivity contribution in [1.29, 1.82) is 5.26 Å². The largest absolute Gasteiger partial charge is 0.352 e. The van der Waals surface area contributed by atoms with E-state index < -0.39 is 11.7 Å². The van der Waals surface area contributed by atoms with Gasteiger partial charge in [-0.2, -0.15) is 10.4 Å². The van der Waals surface area contributed by atoms with Gasteiger partial charge in [-0.05, 0) is 55.0 Å². The fraction of sp³-hybridized carbons (Fsp3) is 0.207. The summed E-state index contributed by atoms with van der Waals surface area (Å²) in [5.74, 6) is 5.54. The molecule has 1 aliphatic heterocycles. The summed E-state index contributed by atoms with van der Waals surface area (Å²) in [5.41, 5.74) is 2.20. The molecule has 2 aromatic heterocycles. The molecule has 0 atom stereocenters. The lowest BCUT2D eigenvalue weighted by Gasteiger charge is -2.44. The van der Waals surface area contributed by atoms with Crippen LogP contribution in [-0.2, 0) is 6.42 Å². The van der Waals surface area contributed by atoms with Gasteiger partial charge in [0, 0.05) is 43.7 Å². The number of likely N-dealkylation sites (N-methyl/N-ethyl adjacent to an activating group) is 1. The molecule has 4 aromatic rings. The second kappa shape index (κ2) is 10.2. The molecule has 3 heterocycles. The van der Waals surface area contributed by atoms with Crippen LogP contribution in [0.1, 0.15) is 39.7 Å². The molecular weight excluding hydrogens is 483 g/mol. The number of carbonyl (C=O) groups excluding carboxylic acids is 1. The number of aromatic nitrogens is 3. The van der Waals surface area contributed by atoms with E-state index in [0.717, 1.165) is 11.4 Å². The molecule has 9 heteroatoms. The lowest BCUT2D eigenvalue weighted by molar-refractivity contribution is 0.0700. The van der Waals surface area contributed by atoms with E-state index in [1.165, 1.54) is 12.3 Å². The molecule has 5 rings (SSSR count). The van der Waals surface area contributed by atoms with Gasteiger partial charge in [0.15, 0.2) is 0 Å². The minimum absolute atomic E-state index is 0.0220. The van der Waals surface area contributed by atoms with Crippen LogP contribution in [0.25, 0.3) is 10.8 Å². The molecular formula is C29H23FN6O2. The number of halogens is 1. The molecule has 1 amide bonds. The molecule has 0 unspecified atom stereocenters. The number of anilines is 1. The molecule has 0 saturated carbocycles. The molecule has 1 aliphatic rings. The average molecular weight is 507 g/mol. The number of pyridine rings is 1. The van der Waals surface area contributed by atoms with E-state index in [0.29, 0.717) is 47.1 Å². The van der Waals surface area contributed by atoms with Gasteiger partial charge in [-0.15, -0.1) is 5.92 Å². The van der Waals surface area contributed by atoms with E-state index in [1.54, 1.807) is 55.3 Å². The first-order valence-electron chi connectivity index (χ1n) is 12.0. The first kappa shape index (κ1) is 24.7. The van der Waals surface area contributed by atoms with Gasteiger partial charge in [-0.1, -0.05) is 12.0 Å². The average Bonchev–Trinajstić information content (AvgIpc) is 2.90. The highest BCUT2D eigenvalue weighted by Gasteiger charge is 2.34. The number of rotatable bonds is 5. The third-order valence-corrected chi connectivity index (χ3v) is 6.70. The summed E-state index contributed by atoms with van der Waals surface area (Å²) in [6.07, 6.45) is 1.80. The number of benzene rings is 2. The zero-order chi connectivity index (χ0) is 26.8. The minimum atomic E-state index is -0.602. The molecule has 0 radical (unpaired) electrons. The van der Waals surface area contributed by atoms with Gasteiger partial charge in [0.1, 0.15) is 17.7 Å². The van der Waals surface area contributed by atoms with Crippen molar-refractivity contribution >= 4 is 22.5 Å². The van der Waals surface area contributed by atoms with E-state index in [4.69, 9.17) is 5.26 Å². The van der Waals surface area contributed by atoms with Crippen LogP contribution in [-0.4, -0.2) is 52.2 Å². The number of nitrogens with zero attached hydrogens (tertiary/aromatic N) is 5. The maximum Gasteiger partial charge on any atom is 0.272 e. The minimum Gasteiger partial charge on any atom is -0.352 e. The van der Waals surface area contributed by atoms with E-state index in [-0.39, 0.29) is 17.2 Å². The van der Waals surface area contributed by atoms with Crippen LogP contribution in [0.3, 0.4) is 0 Å². The van der Waals surface area contributed by atoms with Crippen molar-refractivity contribution in [3.63, 3.8) is 0 Å². The van der Waals surface area contributed by atoms with Gasteiger partial charge in [-0.25, -0.2) is 14.5 Å². The standard InChI is InChI=1S/C29H23FN6O2/c1-3-4-18-5-8-22-23(11-18)26(33-34-28(22)37)13-19-6-9-25(30)24(12-19)29(38)35(2)21-16-36(17-21)27-10-7-20(14-31)15-32-27/h5-12,15,21H,13,16-17H2,1-2H3,(H,34,37). The Morgan fingerprint density at radius 1 is 1.16 bits per heavy atom. The van der Waals surface area contributed by atoms with Crippen LogP contribution in [0.5, 0.6) is 0 Å². The normalized spacial score (nSPS) is 12.8. The number of nitriles is 1. The Balaban J connectivity index is 1.35. The van der Waals surface area contributed by atoms with Gasteiger partial charge in [-0.3, -0.25) is 9.59 Å². The Morgan fingerprint density at radius 3 is 2.66 bits per heavy atom. The molecule has 38 heavy (non-hydrogen) atoms. The Bertz CT molecular complexity index is 1710. The van der Waals surface area contributed by atoms with Gasteiger partial charge < -0.3 is 9.80 Å². The first-order valence-corrected chi connectivity index (χ1v) is 12.0. The topological polar surface area (TPSA) is 106 Å². The Morgan fingerprint density at radius 2 is 1.95 bits per heavy atom. The number of amides is 1. The number of hydrogen-bond acceptors (Lipinski definition) is 6. The zero-order valence-electron chi connectivity index (χ0n) is 20.8. The van der Waals surface area contributed by atoms with Crippen LogP contribution in [0.2, 0.25) is 0 Å². The van der Waals surface area contributed by atoms with Crippen molar-refractivity contribution in [3.8, 4) is 17.9 Å². The van der Waals surface area contributed by atoms with Crippen LogP contribution in [0.15, 0.2) is 59.5 Å². The van der Waals surface area contributed by atoms with Crippen molar-refractivity contribution in [2.45, 2.75) is 19.4 Å². The highest BCUT2D eigenvalue weighted by atomic mass is 19.1. The van der Waals surface area contributed by atoms with E-state index >= 15 is 0 Å². The summed E-state index contributed by atoms with van der Waals surface area (Å²) < 4.78 is 14.8. The smallest absolute Gasteiger partial charge is 0.272 e. The summed E-state index contributed by atoms with van der Waals surface area (Å²) >= 11 is 0. The first-order chi connectivity index (χ1) is 18.4. The quantitative estimate of drug-likeness (QED) is 0.417. The summed E-state index contributed by atoms with van der Waals surface area (Å²) in [5, 5.41) is 16.8. The fourth-order valence-electron chi connectivity index (χ4n) is 4.50. The molecule has 1 N–H and O–H groups in total. The SMILES string of the molecule is CC#Cc1ccc2c(=O)[nH]nc(Cc3ccc(F)c(C(=O)N(C)C4CN(c5ccc(C#N)cn5)C4)c3)c2c1. The number of carbonyl (C=O) groups is 1. The summed E-state index contributed by atoms with van der Waals surface area (Å²) in [4.78, 5) is 33.3. The molecule has 0 bridgehead atoms. The van der Waals surface area contributed by atoms with Gasteiger partial charge in [0.25, 0.3) is 11.5 Å².